The SMILES string of the molecule is O=C(Cc1csc(SCc2ccccc2F)n1)Nc1cccc(C(F)(F)F)c1. The van der Waals surface area contributed by atoms with Crippen LogP contribution in [0.2, 0.25) is 0 Å². The standard InChI is InChI=1S/C19H14F4N2OS2/c20-16-7-2-1-4-12(16)10-27-18-25-15(11-28-18)9-17(26)24-14-6-3-5-13(8-14)19(21,22)23/h1-8,11H,9-10H2,(H,24,26). The summed E-state index contributed by atoms with van der Waals surface area (Å²) in [7, 11) is 0. The molecule has 3 rings (SSSR count). The van der Waals surface area contributed by atoms with Crippen molar-refractivity contribution < 1.29 is 22.4 Å². The number of aromatic nitrogens is 1. The molecule has 0 saturated carbocycles. The number of thioether (sulfide) groups is 1. The van der Waals surface area contributed by atoms with Gasteiger partial charge in [-0.25, -0.2) is 9.37 Å². The van der Waals surface area contributed by atoms with Gasteiger partial charge in [-0.1, -0.05) is 36.0 Å². The molecule has 0 unspecified atom stereocenters. The third kappa shape index (κ3) is 5.56. The van der Waals surface area contributed by atoms with Crippen LogP contribution in [-0.4, -0.2) is 10.9 Å². The molecule has 3 nitrogen and oxygen atoms in total. The lowest BCUT2D eigenvalue weighted by Crippen LogP contribution is -2.15. The third-order valence-electron chi connectivity index (χ3n) is 3.65. The van der Waals surface area contributed by atoms with Crippen LogP contribution in [0.5, 0.6) is 0 Å². The summed E-state index contributed by atoms with van der Waals surface area (Å²) in [6.07, 6.45) is -4.53. The van der Waals surface area contributed by atoms with E-state index in [2.05, 4.69) is 10.3 Å². The van der Waals surface area contributed by atoms with E-state index in [4.69, 9.17) is 0 Å². The van der Waals surface area contributed by atoms with Crippen molar-refractivity contribution in [3.8, 4) is 0 Å². The maximum absolute atomic E-state index is 13.6. The minimum atomic E-state index is -4.47. The number of amides is 1. The Morgan fingerprint density at radius 2 is 1.93 bits per heavy atom. The molecular weight excluding hydrogens is 412 g/mol. The summed E-state index contributed by atoms with van der Waals surface area (Å²) in [6, 6.07) is 10.9. The monoisotopic (exact) mass is 426 g/mol. The number of hydrogen-bond acceptors (Lipinski definition) is 4. The van der Waals surface area contributed by atoms with E-state index in [1.165, 1.54) is 41.3 Å². The molecule has 0 aliphatic heterocycles. The van der Waals surface area contributed by atoms with Crippen LogP contribution in [0.4, 0.5) is 23.2 Å². The predicted octanol–water partition coefficient (Wildman–Crippen LogP) is 5.77. The third-order valence-corrected chi connectivity index (χ3v) is 5.77. The summed E-state index contributed by atoms with van der Waals surface area (Å²) in [5.41, 5.74) is 0.312. The van der Waals surface area contributed by atoms with Crippen molar-refractivity contribution in [2.45, 2.75) is 22.7 Å². The number of hydrogen-bond donors (Lipinski definition) is 1. The molecule has 1 heterocycles. The predicted molar refractivity (Wildman–Crippen MR) is 102 cm³/mol. The topological polar surface area (TPSA) is 42.0 Å². The summed E-state index contributed by atoms with van der Waals surface area (Å²) >= 11 is 2.68. The van der Waals surface area contributed by atoms with Gasteiger partial charge in [0, 0.05) is 16.8 Å². The molecule has 1 aromatic heterocycles. The van der Waals surface area contributed by atoms with Crippen LogP contribution in [0.25, 0.3) is 0 Å². The Morgan fingerprint density at radius 3 is 2.68 bits per heavy atom. The van der Waals surface area contributed by atoms with Crippen molar-refractivity contribution in [2.24, 2.45) is 0 Å². The molecule has 2 aromatic carbocycles. The molecule has 3 aromatic rings. The van der Waals surface area contributed by atoms with E-state index < -0.39 is 17.6 Å². The zero-order valence-corrected chi connectivity index (χ0v) is 15.9. The molecule has 1 N–H and O–H groups in total. The largest absolute Gasteiger partial charge is 0.416 e. The number of nitrogens with zero attached hydrogens (tertiary/aromatic N) is 1. The molecule has 28 heavy (non-hydrogen) atoms. The van der Waals surface area contributed by atoms with Gasteiger partial charge >= 0.3 is 6.18 Å². The molecule has 0 radical (unpaired) electrons. The Morgan fingerprint density at radius 1 is 1.14 bits per heavy atom. The van der Waals surface area contributed by atoms with Gasteiger partial charge in [0.25, 0.3) is 0 Å². The minimum Gasteiger partial charge on any atom is -0.326 e. The lowest BCUT2D eigenvalue weighted by molar-refractivity contribution is -0.137. The van der Waals surface area contributed by atoms with E-state index in [-0.39, 0.29) is 17.9 Å². The van der Waals surface area contributed by atoms with Crippen LogP contribution in [-0.2, 0) is 23.1 Å². The van der Waals surface area contributed by atoms with Crippen molar-refractivity contribution >= 4 is 34.7 Å². The number of carbonyl (C=O) groups excluding carboxylic acids is 1. The fourth-order valence-electron chi connectivity index (χ4n) is 2.33. The highest BCUT2D eigenvalue weighted by Gasteiger charge is 2.30. The quantitative estimate of drug-likeness (QED) is 0.402. The minimum absolute atomic E-state index is 0.0625. The Hall–Kier alpha value is -2.39. The average molecular weight is 426 g/mol. The lowest BCUT2D eigenvalue weighted by atomic mass is 10.2. The van der Waals surface area contributed by atoms with Crippen molar-refractivity contribution in [1.29, 1.82) is 0 Å². The first-order valence-corrected chi connectivity index (χ1v) is 9.95. The number of carbonyl (C=O) groups is 1. The smallest absolute Gasteiger partial charge is 0.326 e. The van der Waals surface area contributed by atoms with E-state index >= 15 is 0 Å². The van der Waals surface area contributed by atoms with E-state index in [9.17, 15) is 22.4 Å². The van der Waals surface area contributed by atoms with Gasteiger partial charge in [0.15, 0.2) is 0 Å². The maximum Gasteiger partial charge on any atom is 0.416 e. The first-order chi connectivity index (χ1) is 13.3. The molecule has 0 atom stereocenters. The molecule has 0 fully saturated rings. The highest BCUT2D eigenvalue weighted by atomic mass is 32.2. The molecule has 1 amide bonds. The zero-order valence-electron chi connectivity index (χ0n) is 14.3. The van der Waals surface area contributed by atoms with Gasteiger partial charge < -0.3 is 5.32 Å². The Bertz CT molecular complexity index is 972. The van der Waals surface area contributed by atoms with Crippen molar-refractivity contribution in [2.75, 3.05) is 5.32 Å². The summed E-state index contributed by atoms with van der Waals surface area (Å²) in [5, 5.41) is 4.15. The number of rotatable bonds is 6. The Labute approximate surface area is 166 Å². The second-order valence-electron chi connectivity index (χ2n) is 5.79. The number of anilines is 1. The summed E-state index contributed by atoms with van der Waals surface area (Å²) in [5.74, 6) is -0.335. The first-order valence-electron chi connectivity index (χ1n) is 8.09. The van der Waals surface area contributed by atoms with Crippen LogP contribution in [0, 0.1) is 5.82 Å². The zero-order chi connectivity index (χ0) is 20.1. The van der Waals surface area contributed by atoms with E-state index in [0.29, 0.717) is 21.3 Å². The average Bonchev–Trinajstić information content (AvgIpc) is 3.07. The second kappa shape index (κ2) is 8.74. The normalized spacial score (nSPS) is 11.4. The molecule has 0 aliphatic rings. The molecule has 0 saturated heterocycles. The van der Waals surface area contributed by atoms with Crippen LogP contribution in [0.1, 0.15) is 16.8 Å². The van der Waals surface area contributed by atoms with Crippen LogP contribution >= 0.6 is 23.1 Å². The van der Waals surface area contributed by atoms with Gasteiger partial charge in [-0.2, -0.15) is 13.2 Å². The summed E-state index contributed by atoms with van der Waals surface area (Å²) in [4.78, 5) is 16.4. The highest BCUT2D eigenvalue weighted by molar-refractivity contribution is 8.00. The molecule has 0 spiro atoms. The number of halogens is 4. The van der Waals surface area contributed by atoms with Crippen molar-refractivity contribution in [3.63, 3.8) is 0 Å². The highest BCUT2D eigenvalue weighted by Crippen LogP contribution is 2.31. The fourth-order valence-corrected chi connectivity index (χ4v) is 4.16. The van der Waals surface area contributed by atoms with E-state index in [1.807, 2.05) is 0 Å². The first kappa shape index (κ1) is 20.3. The fraction of sp³-hybridized carbons (Fsp3) is 0.158. The lowest BCUT2D eigenvalue weighted by Gasteiger charge is -2.09. The number of alkyl halides is 3. The number of thiazole rings is 1. The van der Waals surface area contributed by atoms with Gasteiger partial charge in [-0.15, -0.1) is 11.3 Å². The van der Waals surface area contributed by atoms with Gasteiger partial charge in [-0.05, 0) is 29.8 Å². The molecule has 0 aliphatic carbocycles. The maximum atomic E-state index is 13.6. The van der Waals surface area contributed by atoms with Crippen LogP contribution in [0.15, 0.2) is 58.3 Å². The Kier molecular flexibility index (Phi) is 6.35. The number of benzene rings is 2. The summed E-state index contributed by atoms with van der Waals surface area (Å²) < 4.78 is 52.5. The van der Waals surface area contributed by atoms with Gasteiger partial charge in [0.2, 0.25) is 5.91 Å². The second-order valence-corrected chi connectivity index (χ2v) is 7.87. The van der Waals surface area contributed by atoms with Crippen molar-refractivity contribution in [1.82, 2.24) is 4.98 Å². The number of nitrogens with one attached hydrogen (secondary N) is 1. The van der Waals surface area contributed by atoms with Crippen molar-refractivity contribution in [3.05, 3.63) is 76.5 Å². The van der Waals surface area contributed by atoms with Crippen LogP contribution in [0.3, 0.4) is 0 Å². The molecular formula is C19H14F4N2OS2. The van der Waals surface area contributed by atoms with E-state index in [1.54, 1.807) is 23.6 Å². The van der Waals surface area contributed by atoms with Gasteiger partial charge in [0.1, 0.15) is 10.2 Å². The van der Waals surface area contributed by atoms with Gasteiger partial charge in [0.05, 0.1) is 17.7 Å². The summed E-state index contributed by atoms with van der Waals surface area (Å²) in [6.45, 7) is 0. The van der Waals surface area contributed by atoms with Gasteiger partial charge in [-0.3, -0.25) is 4.79 Å². The molecule has 0 bridgehead atoms. The molecule has 146 valence electrons. The molecule has 9 heteroatoms. The van der Waals surface area contributed by atoms with E-state index in [0.717, 1.165) is 12.1 Å². The van der Waals surface area contributed by atoms with Crippen LogP contribution < -0.4 is 5.32 Å². The Balaban J connectivity index is 1.56.